The molecule has 4 heterocycles. The molecular weight excluding hydrogens is 464 g/mol. The molecule has 1 aromatic rings. The molecule has 5 atom stereocenters. The Morgan fingerprint density at radius 2 is 1.89 bits per heavy atom. The third-order valence-electron chi connectivity index (χ3n) is 7.64. The molecule has 4 aliphatic heterocycles. The summed E-state index contributed by atoms with van der Waals surface area (Å²) in [4.78, 5) is 45.0. The summed E-state index contributed by atoms with van der Waals surface area (Å²) in [6.07, 6.45) is 9.83. The van der Waals surface area contributed by atoms with E-state index in [1.165, 1.54) is 0 Å². The van der Waals surface area contributed by atoms with Crippen LogP contribution >= 0.6 is 11.8 Å². The third kappa shape index (κ3) is 3.82. The predicted molar refractivity (Wildman–Crippen MR) is 135 cm³/mol. The fourth-order valence-electron chi connectivity index (χ4n) is 6.17. The van der Waals surface area contributed by atoms with Crippen LogP contribution in [0.1, 0.15) is 30.4 Å². The van der Waals surface area contributed by atoms with Gasteiger partial charge in [0.25, 0.3) is 5.91 Å². The van der Waals surface area contributed by atoms with Gasteiger partial charge in [-0.2, -0.15) is 0 Å². The number of anilines is 1. The first-order chi connectivity index (χ1) is 16.9. The van der Waals surface area contributed by atoms with Crippen molar-refractivity contribution in [2.45, 2.75) is 49.1 Å². The summed E-state index contributed by atoms with van der Waals surface area (Å²) in [6, 6.07) is 5.24. The van der Waals surface area contributed by atoms with Crippen LogP contribution in [0.4, 0.5) is 5.69 Å². The Morgan fingerprint density at radius 3 is 2.63 bits per heavy atom. The average Bonchev–Trinajstić information content (AvgIpc) is 3.19. The van der Waals surface area contributed by atoms with Gasteiger partial charge in [-0.3, -0.25) is 14.4 Å². The molecule has 186 valence electrons. The zero-order valence-corrected chi connectivity index (χ0v) is 21.0. The zero-order valence-electron chi connectivity index (χ0n) is 20.2. The number of aliphatic hydroxyl groups excluding tert-OH is 1. The maximum atomic E-state index is 14.4. The standard InChI is InChI=1S/C27H32N2O5S/c1-17-9-7-10-18(2)22(17)28-14-8-12-27-21(20-19(35-27)11-3-6-16-34-26(20)33)24(31)29(13-4-5-15-30)23(27)25(28)32/h3,7-12,19-21,23,30H,4-6,13-16H2,1-2H3/t19-,20+,21+,23?,27+/m1/s1. The topological polar surface area (TPSA) is 87.2 Å². The van der Waals surface area contributed by atoms with Gasteiger partial charge in [-0.15, -0.1) is 11.8 Å². The first-order valence-corrected chi connectivity index (χ1v) is 13.3. The SMILES string of the molecule is Cc1cccc(C)c1N1CC=C[C@]23S[C@@H]4C=CCCOC(=O)[C@@H]4[C@H]2C(=O)N(CCCCO)C3C1=O. The fourth-order valence-corrected chi connectivity index (χ4v) is 8.17. The Bertz CT molecular complexity index is 1080. The van der Waals surface area contributed by atoms with E-state index in [4.69, 9.17) is 4.74 Å². The lowest BCUT2D eigenvalue weighted by atomic mass is 9.78. The van der Waals surface area contributed by atoms with Crippen LogP contribution in [0.5, 0.6) is 0 Å². The highest BCUT2D eigenvalue weighted by molar-refractivity contribution is 8.02. The van der Waals surface area contributed by atoms with Crippen LogP contribution in [0.2, 0.25) is 0 Å². The van der Waals surface area contributed by atoms with Gasteiger partial charge in [0.05, 0.1) is 23.2 Å². The molecule has 5 rings (SSSR count). The summed E-state index contributed by atoms with van der Waals surface area (Å²) >= 11 is 1.56. The number of benzene rings is 1. The van der Waals surface area contributed by atoms with Gasteiger partial charge < -0.3 is 19.6 Å². The monoisotopic (exact) mass is 496 g/mol. The highest BCUT2D eigenvalue weighted by Crippen LogP contribution is 2.61. The first-order valence-electron chi connectivity index (χ1n) is 12.4. The molecular formula is C27H32N2O5S. The van der Waals surface area contributed by atoms with E-state index in [9.17, 15) is 19.5 Å². The van der Waals surface area contributed by atoms with E-state index >= 15 is 0 Å². The highest BCUT2D eigenvalue weighted by atomic mass is 32.2. The molecule has 0 bridgehead atoms. The van der Waals surface area contributed by atoms with Crippen LogP contribution in [0.3, 0.4) is 0 Å². The number of likely N-dealkylation sites (tertiary alicyclic amines) is 1. The van der Waals surface area contributed by atoms with Gasteiger partial charge in [-0.1, -0.05) is 42.5 Å². The largest absolute Gasteiger partial charge is 0.465 e. The Hall–Kier alpha value is -2.58. The second kappa shape index (κ2) is 9.47. The zero-order chi connectivity index (χ0) is 24.7. The van der Waals surface area contributed by atoms with Crippen LogP contribution in [0.25, 0.3) is 0 Å². The quantitative estimate of drug-likeness (QED) is 0.383. The molecule has 8 heteroatoms. The van der Waals surface area contributed by atoms with Gasteiger partial charge in [0.2, 0.25) is 5.91 Å². The maximum Gasteiger partial charge on any atom is 0.311 e. The molecule has 0 aromatic heterocycles. The number of thioether (sulfide) groups is 1. The normalized spacial score (nSPS) is 32.0. The van der Waals surface area contributed by atoms with Crippen LogP contribution in [-0.4, -0.2) is 70.1 Å². The summed E-state index contributed by atoms with van der Waals surface area (Å²) in [6.45, 7) is 5.09. The Morgan fingerprint density at radius 1 is 1.11 bits per heavy atom. The Balaban J connectivity index is 1.62. The minimum absolute atomic E-state index is 0.0280. The van der Waals surface area contributed by atoms with Crippen molar-refractivity contribution < 1.29 is 24.2 Å². The summed E-state index contributed by atoms with van der Waals surface area (Å²) in [7, 11) is 0. The number of carbonyl (C=O) groups is 3. The Kier molecular flexibility index (Phi) is 6.53. The molecule has 4 aliphatic rings. The van der Waals surface area contributed by atoms with Crippen LogP contribution in [0.15, 0.2) is 42.5 Å². The van der Waals surface area contributed by atoms with Gasteiger partial charge in [0, 0.05) is 30.6 Å². The molecule has 1 spiro atoms. The molecule has 2 fully saturated rings. The second-order valence-electron chi connectivity index (χ2n) is 9.78. The number of cyclic esters (lactones) is 1. The van der Waals surface area contributed by atoms with Gasteiger partial charge in [0.15, 0.2) is 0 Å². The number of ether oxygens (including phenoxy) is 1. The molecule has 0 radical (unpaired) electrons. The number of nitrogens with zero attached hydrogens (tertiary/aromatic N) is 2. The first kappa shape index (κ1) is 24.1. The number of aryl methyl sites for hydroxylation is 2. The van der Waals surface area contributed by atoms with Crippen molar-refractivity contribution in [3.63, 3.8) is 0 Å². The second-order valence-corrected chi connectivity index (χ2v) is 11.3. The molecule has 1 N–H and O–H groups in total. The van der Waals surface area contributed by atoms with Crippen LogP contribution < -0.4 is 4.90 Å². The van der Waals surface area contributed by atoms with E-state index in [0.29, 0.717) is 39.0 Å². The smallest absolute Gasteiger partial charge is 0.311 e. The highest BCUT2D eigenvalue weighted by Gasteiger charge is 2.71. The number of hydrogen-bond acceptors (Lipinski definition) is 6. The predicted octanol–water partition coefficient (Wildman–Crippen LogP) is 2.78. The van der Waals surface area contributed by atoms with Crippen LogP contribution in [-0.2, 0) is 19.1 Å². The molecule has 7 nitrogen and oxygen atoms in total. The van der Waals surface area contributed by atoms with E-state index in [2.05, 4.69) is 0 Å². The van der Waals surface area contributed by atoms with Crippen molar-refractivity contribution in [2.24, 2.45) is 11.8 Å². The third-order valence-corrected chi connectivity index (χ3v) is 9.38. The number of rotatable bonds is 5. The fraction of sp³-hybridized carbons (Fsp3) is 0.519. The molecule has 35 heavy (non-hydrogen) atoms. The number of aliphatic hydroxyl groups is 1. The van der Waals surface area contributed by atoms with Crippen molar-refractivity contribution in [3.05, 3.63) is 53.6 Å². The lowest BCUT2D eigenvalue weighted by Gasteiger charge is -2.36. The number of esters is 1. The number of fused-ring (bicyclic) bond motifs is 2. The maximum absolute atomic E-state index is 14.4. The van der Waals surface area contributed by atoms with Crippen molar-refractivity contribution in [2.75, 3.05) is 31.2 Å². The lowest BCUT2D eigenvalue weighted by Crippen LogP contribution is -2.53. The van der Waals surface area contributed by atoms with Gasteiger partial charge >= 0.3 is 5.97 Å². The number of hydrogen-bond donors (Lipinski definition) is 1. The lowest BCUT2D eigenvalue weighted by molar-refractivity contribution is -0.153. The van der Waals surface area contributed by atoms with Gasteiger partial charge in [-0.05, 0) is 44.2 Å². The van der Waals surface area contributed by atoms with E-state index in [-0.39, 0.29) is 29.6 Å². The van der Waals surface area contributed by atoms with Crippen molar-refractivity contribution in [1.82, 2.24) is 4.90 Å². The molecule has 2 amide bonds. The number of carbonyl (C=O) groups excluding carboxylic acids is 3. The summed E-state index contributed by atoms with van der Waals surface area (Å²) in [5, 5.41) is 9.11. The van der Waals surface area contributed by atoms with E-state index in [0.717, 1.165) is 16.8 Å². The van der Waals surface area contributed by atoms with Crippen molar-refractivity contribution in [1.29, 1.82) is 0 Å². The summed E-state index contributed by atoms with van der Waals surface area (Å²) in [5.74, 6) is -1.93. The molecule has 0 aliphatic carbocycles. The van der Waals surface area contributed by atoms with Crippen molar-refractivity contribution >= 4 is 35.2 Å². The summed E-state index contributed by atoms with van der Waals surface area (Å²) in [5.41, 5.74) is 2.88. The van der Waals surface area contributed by atoms with Crippen LogP contribution in [0, 0.1) is 25.7 Å². The Labute approximate surface area is 210 Å². The minimum Gasteiger partial charge on any atom is -0.465 e. The number of unbranched alkanes of at least 4 members (excludes halogenated alkanes) is 1. The minimum atomic E-state index is -0.845. The molecule has 1 unspecified atom stereocenters. The van der Waals surface area contributed by atoms with E-state index in [1.807, 2.05) is 56.4 Å². The van der Waals surface area contributed by atoms with Gasteiger partial charge in [-0.25, -0.2) is 0 Å². The van der Waals surface area contributed by atoms with E-state index in [1.54, 1.807) is 21.6 Å². The molecule has 0 saturated carbocycles. The molecule has 2 saturated heterocycles. The number of amides is 2. The number of para-hydroxylation sites is 1. The summed E-state index contributed by atoms with van der Waals surface area (Å²) < 4.78 is 4.67. The molecule has 1 aromatic carbocycles. The average molecular weight is 497 g/mol. The van der Waals surface area contributed by atoms with Crippen molar-refractivity contribution in [3.8, 4) is 0 Å². The van der Waals surface area contributed by atoms with Gasteiger partial charge in [0.1, 0.15) is 6.04 Å². The van der Waals surface area contributed by atoms with E-state index < -0.39 is 22.6 Å².